The molecule has 1 fully saturated rings. The number of amides is 1. The van der Waals surface area contributed by atoms with E-state index in [1.165, 1.54) is 4.90 Å². The van der Waals surface area contributed by atoms with Gasteiger partial charge in [-0.2, -0.15) is 0 Å². The Balaban J connectivity index is 1.44. The minimum absolute atomic E-state index is 0.225. The van der Waals surface area contributed by atoms with Crippen molar-refractivity contribution in [3.63, 3.8) is 0 Å². The molecule has 1 aromatic carbocycles. The number of hydrogen-bond donors (Lipinski definition) is 1. The first-order valence-electron chi connectivity index (χ1n) is 8.42. The van der Waals surface area contributed by atoms with Crippen molar-refractivity contribution in [2.24, 2.45) is 5.73 Å². The van der Waals surface area contributed by atoms with E-state index in [9.17, 15) is 4.79 Å². The van der Waals surface area contributed by atoms with Gasteiger partial charge in [0.05, 0.1) is 0 Å². The molecule has 0 atom stereocenters. The number of benzene rings is 1. The monoisotopic (exact) mass is 344 g/mol. The van der Waals surface area contributed by atoms with Crippen molar-refractivity contribution >= 4 is 17.7 Å². The molecule has 0 aliphatic carbocycles. The van der Waals surface area contributed by atoms with Gasteiger partial charge in [-0.15, -0.1) is 11.8 Å². The number of piperidine rings is 1. The standard InChI is InChI=1S/C18H24N4OS/c19-17(23)14-22-11-8-20-18(22)15-6-9-21(10-7-15)12-13-24-16-4-2-1-3-5-16/h1-5,8,11,15H,6-7,9-10,12-14H2,(H2,19,23). The number of thioether (sulfide) groups is 1. The van der Waals surface area contributed by atoms with E-state index in [0.717, 1.165) is 44.1 Å². The normalized spacial score (nSPS) is 16.3. The smallest absolute Gasteiger partial charge is 0.237 e. The van der Waals surface area contributed by atoms with E-state index in [4.69, 9.17) is 5.73 Å². The molecule has 1 aliphatic heterocycles. The summed E-state index contributed by atoms with van der Waals surface area (Å²) in [5, 5.41) is 0. The summed E-state index contributed by atoms with van der Waals surface area (Å²) in [6.45, 7) is 3.51. The van der Waals surface area contributed by atoms with Gasteiger partial charge in [0.15, 0.2) is 0 Å². The fraction of sp³-hybridized carbons (Fsp3) is 0.444. The summed E-state index contributed by atoms with van der Waals surface area (Å²) in [6, 6.07) is 10.5. The largest absolute Gasteiger partial charge is 0.368 e. The van der Waals surface area contributed by atoms with Crippen molar-refractivity contribution in [1.29, 1.82) is 0 Å². The zero-order chi connectivity index (χ0) is 16.8. The summed E-state index contributed by atoms with van der Waals surface area (Å²) >= 11 is 1.91. The maximum atomic E-state index is 11.2. The topological polar surface area (TPSA) is 64.2 Å². The van der Waals surface area contributed by atoms with Crippen LogP contribution >= 0.6 is 11.8 Å². The molecule has 2 heterocycles. The van der Waals surface area contributed by atoms with Gasteiger partial charge in [0.25, 0.3) is 0 Å². The van der Waals surface area contributed by atoms with Crippen LogP contribution in [0.15, 0.2) is 47.6 Å². The Labute approximate surface area is 147 Å². The highest BCUT2D eigenvalue weighted by molar-refractivity contribution is 7.99. The van der Waals surface area contributed by atoms with Crippen LogP contribution in [0.4, 0.5) is 0 Å². The van der Waals surface area contributed by atoms with E-state index in [1.807, 2.05) is 22.5 Å². The number of imidazole rings is 1. The minimum atomic E-state index is -0.315. The van der Waals surface area contributed by atoms with E-state index >= 15 is 0 Å². The second-order valence-electron chi connectivity index (χ2n) is 6.16. The molecule has 2 N–H and O–H groups in total. The molecule has 24 heavy (non-hydrogen) atoms. The van der Waals surface area contributed by atoms with Crippen LogP contribution in [0.3, 0.4) is 0 Å². The molecule has 1 aromatic heterocycles. The second kappa shape index (κ2) is 8.35. The third-order valence-electron chi connectivity index (χ3n) is 4.45. The lowest BCUT2D eigenvalue weighted by atomic mass is 9.96. The quantitative estimate of drug-likeness (QED) is 0.783. The summed E-state index contributed by atoms with van der Waals surface area (Å²) in [4.78, 5) is 19.5. The number of likely N-dealkylation sites (tertiary alicyclic amines) is 1. The zero-order valence-corrected chi connectivity index (χ0v) is 14.6. The van der Waals surface area contributed by atoms with Gasteiger partial charge < -0.3 is 15.2 Å². The highest BCUT2D eigenvalue weighted by atomic mass is 32.2. The Morgan fingerprint density at radius 1 is 1.25 bits per heavy atom. The van der Waals surface area contributed by atoms with Crippen molar-refractivity contribution < 1.29 is 4.79 Å². The molecule has 1 amide bonds. The van der Waals surface area contributed by atoms with Crippen LogP contribution in [-0.4, -0.2) is 45.7 Å². The second-order valence-corrected chi connectivity index (χ2v) is 7.33. The number of rotatable bonds is 7. The van der Waals surface area contributed by atoms with Gasteiger partial charge in [0.1, 0.15) is 12.4 Å². The zero-order valence-electron chi connectivity index (χ0n) is 13.8. The number of nitrogens with zero attached hydrogens (tertiary/aromatic N) is 3. The lowest BCUT2D eigenvalue weighted by Gasteiger charge is -2.31. The van der Waals surface area contributed by atoms with Gasteiger partial charge >= 0.3 is 0 Å². The molecule has 0 saturated carbocycles. The van der Waals surface area contributed by atoms with Gasteiger partial charge in [0.2, 0.25) is 5.91 Å². The number of aromatic nitrogens is 2. The molecule has 0 bridgehead atoms. The van der Waals surface area contributed by atoms with Crippen LogP contribution < -0.4 is 5.73 Å². The number of hydrogen-bond acceptors (Lipinski definition) is 4. The molecule has 5 nitrogen and oxygen atoms in total. The first kappa shape index (κ1) is 17.0. The Hall–Kier alpha value is -1.79. The molecule has 2 aromatic rings. The average molecular weight is 344 g/mol. The van der Waals surface area contributed by atoms with Gasteiger partial charge in [-0.1, -0.05) is 18.2 Å². The van der Waals surface area contributed by atoms with E-state index in [1.54, 1.807) is 6.20 Å². The van der Waals surface area contributed by atoms with Gasteiger partial charge in [-0.25, -0.2) is 4.98 Å². The average Bonchev–Trinajstić information content (AvgIpc) is 3.04. The van der Waals surface area contributed by atoms with E-state index < -0.39 is 0 Å². The fourth-order valence-corrected chi connectivity index (χ4v) is 4.14. The summed E-state index contributed by atoms with van der Waals surface area (Å²) in [6.07, 6.45) is 5.79. The van der Waals surface area contributed by atoms with Crippen molar-refractivity contribution in [1.82, 2.24) is 14.5 Å². The summed E-state index contributed by atoms with van der Waals surface area (Å²) in [7, 11) is 0. The summed E-state index contributed by atoms with van der Waals surface area (Å²) < 4.78 is 1.90. The number of carbonyl (C=O) groups excluding carboxylic acids is 1. The number of carbonyl (C=O) groups is 1. The van der Waals surface area contributed by atoms with Crippen molar-refractivity contribution in [2.45, 2.75) is 30.2 Å². The first-order valence-corrected chi connectivity index (χ1v) is 9.40. The van der Waals surface area contributed by atoms with Crippen molar-refractivity contribution in [3.8, 4) is 0 Å². The molecular weight excluding hydrogens is 320 g/mol. The van der Waals surface area contributed by atoms with Crippen LogP contribution in [0.25, 0.3) is 0 Å². The summed E-state index contributed by atoms with van der Waals surface area (Å²) in [5.41, 5.74) is 5.31. The predicted molar refractivity (Wildman–Crippen MR) is 97.0 cm³/mol. The molecular formula is C18H24N4OS. The Bertz CT molecular complexity index is 650. The minimum Gasteiger partial charge on any atom is -0.368 e. The molecule has 1 saturated heterocycles. The molecule has 0 spiro atoms. The van der Waals surface area contributed by atoms with E-state index in [0.29, 0.717) is 5.92 Å². The van der Waals surface area contributed by atoms with E-state index in [-0.39, 0.29) is 12.5 Å². The maximum Gasteiger partial charge on any atom is 0.237 e. The van der Waals surface area contributed by atoms with Gasteiger partial charge in [0, 0.05) is 35.5 Å². The number of nitrogens with two attached hydrogens (primary N) is 1. The summed E-state index contributed by atoms with van der Waals surface area (Å²) in [5.74, 6) is 2.24. The third kappa shape index (κ3) is 4.61. The molecule has 0 radical (unpaired) electrons. The highest BCUT2D eigenvalue weighted by Crippen LogP contribution is 2.27. The Kier molecular flexibility index (Phi) is 5.93. The fourth-order valence-electron chi connectivity index (χ4n) is 3.21. The lowest BCUT2D eigenvalue weighted by molar-refractivity contribution is -0.118. The third-order valence-corrected chi connectivity index (χ3v) is 5.44. The van der Waals surface area contributed by atoms with Crippen LogP contribution in [0.5, 0.6) is 0 Å². The van der Waals surface area contributed by atoms with Crippen LogP contribution in [0, 0.1) is 0 Å². The molecule has 0 unspecified atom stereocenters. The van der Waals surface area contributed by atoms with Gasteiger partial charge in [-0.3, -0.25) is 4.79 Å². The molecule has 3 rings (SSSR count). The lowest BCUT2D eigenvalue weighted by Crippen LogP contribution is -2.35. The van der Waals surface area contributed by atoms with Crippen LogP contribution in [0.2, 0.25) is 0 Å². The molecule has 6 heteroatoms. The van der Waals surface area contributed by atoms with Crippen molar-refractivity contribution in [2.75, 3.05) is 25.4 Å². The van der Waals surface area contributed by atoms with E-state index in [2.05, 4.69) is 40.2 Å². The molecule has 128 valence electrons. The van der Waals surface area contributed by atoms with Crippen molar-refractivity contribution in [3.05, 3.63) is 48.5 Å². The molecule has 1 aliphatic rings. The number of primary amides is 1. The van der Waals surface area contributed by atoms with Crippen LogP contribution in [0.1, 0.15) is 24.6 Å². The highest BCUT2D eigenvalue weighted by Gasteiger charge is 2.23. The predicted octanol–water partition coefficient (Wildman–Crippen LogP) is 2.34. The first-order chi connectivity index (χ1) is 11.7. The maximum absolute atomic E-state index is 11.2. The Morgan fingerprint density at radius 2 is 2.00 bits per heavy atom. The van der Waals surface area contributed by atoms with Crippen LogP contribution in [-0.2, 0) is 11.3 Å². The Morgan fingerprint density at radius 3 is 2.71 bits per heavy atom. The SMILES string of the molecule is NC(=O)Cn1ccnc1C1CCN(CCSc2ccccc2)CC1. The van der Waals surface area contributed by atoms with Gasteiger partial charge in [-0.05, 0) is 38.1 Å².